The number of amides is 2. The maximum absolute atomic E-state index is 13.3. The van der Waals surface area contributed by atoms with Gasteiger partial charge in [0.05, 0.1) is 5.75 Å². The van der Waals surface area contributed by atoms with Gasteiger partial charge in [0.15, 0.2) is 0 Å². The highest BCUT2D eigenvalue weighted by molar-refractivity contribution is 7.99. The average molecular weight is 516 g/mol. The number of nitrogens with zero attached hydrogens (tertiary/aromatic N) is 1. The number of halogens is 3. The van der Waals surface area contributed by atoms with Gasteiger partial charge >= 0.3 is 0 Å². The Morgan fingerprint density at radius 1 is 0.969 bits per heavy atom. The third kappa shape index (κ3) is 7.58. The van der Waals surface area contributed by atoms with Crippen molar-refractivity contribution in [3.63, 3.8) is 0 Å². The summed E-state index contributed by atoms with van der Waals surface area (Å²) in [5, 5.41) is 4.72. The molecule has 174 valence electrons. The van der Waals surface area contributed by atoms with Gasteiger partial charge in [-0.15, -0.1) is 11.8 Å². The molecule has 32 heavy (non-hydrogen) atoms. The summed E-state index contributed by atoms with van der Waals surface area (Å²) in [6.07, 6.45) is 1.31. The minimum absolute atomic E-state index is 0.0329. The largest absolute Gasteiger partial charge is 0.352 e. The van der Waals surface area contributed by atoms with Gasteiger partial charge in [0.2, 0.25) is 11.8 Å². The van der Waals surface area contributed by atoms with Gasteiger partial charge < -0.3 is 10.2 Å². The number of carbonyl (C=O) groups excluding carboxylic acids is 2. The zero-order valence-electron chi connectivity index (χ0n) is 18.5. The van der Waals surface area contributed by atoms with Crippen molar-refractivity contribution in [2.75, 3.05) is 5.75 Å². The number of nitrogens with one attached hydrogen (secondary N) is 1. The number of rotatable bonds is 11. The van der Waals surface area contributed by atoms with Crippen LogP contribution in [0.2, 0.25) is 15.1 Å². The highest BCUT2D eigenvalue weighted by Gasteiger charge is 2.29. The maximum Gasteiger partial charge on any atom is 0.243 e. The van der Waals surface area contributed by atoms with E-state index in [1.165, 1.54) is 11.8 Å². The van der Waals surface area contributed by atoms with Gasteiger partial charge in [0, 0.05) is 33.4 Å². The molecule has 2 aromatic rings. The molecule has 0 fully saturated rings. The lowest BCUT2D eigenvalue weighted by atomic mass is 10.1. The number of carbonyl (C=O) groups is 2. The Morgan fingerprint density at radius 3 is 2.19 bits per heavy atom. The molecule has 1 N–H and O–H groups in total. The molecule has 0 aliphatic heterocycles. The minimum atomic E-state index is -0.586. The van der Waals surface area contributed by atoms with Crippen molar-refractivity contribution in [2.45, 2.75) is 58.0 Å². The molecule has 0 radical (unpaired) electrons. The molecule has 0 aromatic heterocycles. The van der Waals surface area contributed by atoms with Crippen molar-refractivity contribution >= 4 is 58.4 Å². The van der Waals surface area contributed by atoms with Crippen LogP contribution in [-0.4, -0.2) is 34.6 Å². The predicted molar refractivity (Wildman–Crippen MR) is 137 cm³/mol. The van der Waals surface area contributed by atoms with E-state index in [9.17, 15) is 9.59 Å². The van der Waals surface area contributed by atoms with E-state index in [2.05, 4.69) is 5.32 Å². The summed E-state index contributed by atoms with van der Waals surface area (Å²) in [4.78, 5) is 27.9. The fourth-order valence-corrected chi connectivity index (χ4v) is 5.01. The molecule has 2 aromatic carbocycles. The van der Waals surface area contributed by atoms with Crippen molar-refractivity contribution < 1.29 is 9.59 Å². The SMILES string of the molecule is CC[C@H](C)NC(=O)[C@H](CC)N(Cc1ccccc1Cl)C(=O)CSCc1c(Cl)cccc1Cl. The van der Waals surface area contributed by atoms with Crippen LogP contribution in [0.15, 0.2) is 42.5 Å². The van der Waals surface area contributed by atoms with Gasteiger partial charge in [0.25, 0.3) is 0 Å². The van der Waals surface area contributed by atoms with Crippen LogP contribution < -0.4 is 5.32 Å². The Hall–Kier alpha value is -1.40. The molecule has 0 aliphatic rings. The number of hydrogen-bond acceptors (Lipinski definition) is 3. The summed E-state index contributed by atoms with van der Waals surface area (Å²) in [7, 11) is 0. The third-order valence-electron chi connectivity index (χ3n) is 5.22. The van der Waals surface area contributed by atoms with Gasteiger partial charge in [-0.2, -0.15) is 0 Å². The Balaban J connectivity index is 2.19. The van der Waals surface area contributed by atoms with Crippen molar-refractivity contribution in [3.05, 3.63) is 68.7 Å². The highest BCUT2D eigenvalue weighted by atomic mass is 35.5. The summed E-state index contributed by atoms with van der Waals surface area (Å²) in [5.41, 5.74) is 1.60. The Labute approximate surface area is 210 Å². The normalized spacial score (nSPS) is 12.8. The summed E-state index contributed by atoms with van der Waals surface area (Å²) in [6, 6.07) is 12.2. The van der Waals surface area contributed by atoms with Gasteiger partial charge in [-0.1, -0.05) is 72.9 Å². The first-order valence-corrected chi connectivity index (χ1v) is 12.9. The van der Waals surface area contributed by atoms with Crippen molar-refractivity contribution in [1.29, 1.82) is 0 Å². The molecule has 2 atom stereocenters. The van der Waals surface area contributed by atoms with Crippen LogP contribution in [0.5, 0.6) is 0 Å². The molecule has 2 amide bonds. The molecule has 0 bridgehead atoms. The van der Waals surface area contributed by atoms with Gasteiger partial charge in [0.1, 0.15) is 6.04 Å². The van der Waals surface area contributed by atoms with Crippen molar-refractivity contribution in [2.24, 2.45) is 0 Å². The Morgan fingerprint density at radius 2 is 1.59 bits per heavy atom. The molecule has 0 unspecified atom stereocenters. The van der Waals surface area contributed by atoms with E-state index >= 15 is 0 Å². The van der Waals surface area contributed by atoms with E-state index < -0.39 is 6.04 Å². The number of thioether (sulfide) groups is 1. The number of hydrogen-bond donors (Lipinski definition) is 1. The molecule has 0 saturated carbocycles. The lowest BCUT2D eigenvalue weighted by molar-refractivity contribution is -0.139. The van der Waals surface area contributed by atoms with E-state index in [0.717, 1.165) is 17.5 Å². The lowest BCUT2D eigenvalue weighted by Crippen LogP contribution is -2.51. The van der Waals surface area contributed by atoms with E-state index in [4.69, 9.17) is 34.8 Å². The first kappa shape index (κ1) is 26.8. The summed E-state index contributed by atoms with van der Waals surface area (Å²) < 4.78 is 0. The molecule has 0 aliphatic carbocycles. The third-order valence-corrected chi connectivity index (χ3v) is 7.24. The fourth-order valence-electron chi connectivity index (χ4n) is 3.16. The van der Waals surface area contributed by atoms with E-state index in [1.807, 2.05) is 39.0 Å². The molecule has 0 heterocycles. The van der Waals surface area contributed by atoms with Gasteiger partial charge in [-0.05, 0) is 49.1 Å². The monoisotopic (exact) mass is 514 g/mol. The molecule has 8 heteroatoms. The van der Waals surface area contributed by atoms with Crippen LogP contribution in [0.25, 0.3) is 0 Å². The van der Waals surface area contributed by atoms with E-state index in [-0.39, 0.29) is 30.2 Å². The number of benzene rings is 2. The summed E-state index contributed by atoms with van der Waals surface area (Å²) >= 11 is 20.3. The molecular weight excluding hydrogens is 487 g/mol. The summed E-state index contributed by atoms with van der Waals surface area (Å²) in [6.45, 7) is 6.13. The van der Waals surface area contributed by atoms with Crippen LogP contribution in [-0.2, 0) is 21.9 Å². The first-order valence-electron chi connectivity index (χ1n) is 10.6. The Kier molecular flexibility index (Phi) is 11.2. The van der Waals surface area contributed by atoms with E-state index in [0.29, 0.717) is 27.2 Å². The van der Waals surface area contributed by atoms with Crippen molar-refractivity contribution in [3.8, 4) is 0 Å². The standard InChI is InChI=1S/C24H29Cl3N2O2S/c1-4-16(3)28-24(31)22(5-2)29(13-17-9-6-7-10-19(17)25)23(30)15-32-14-18-20(26)11-8-12-21(18)27/h6-12,16,22H,4-5,13-15H2,1-3H3,(H,28,31)/t16-,22-/m0/s1. The predicted octanol–water partition coefficient (Wildman–Crippen LogP) is 6.60. The zero-order valence-corrected chi connectivity index (χ0v) is 21.6. The smallest absolute Gasteiger partial charge is 0.243 e. The maximum atomic E-state index is 13.3. The molecule has 4 nitrogen and oxygen atoms in total. The highest BCUT2D eigenvalue weighted by Crippen LogP contribution is 2.29. The van der Waals surface area contributed by atoms with Gasteiger partial charge in [-0.3, -0.25) is 9.59 Å². The Bertz CT molecular complexity index is 906. The second kappa shape index (κ2) is 13.3. The van der Waals surface area contributed by atoms with Crippen LogP contribution in [0.3, 0.4) is 0 Å². The quantitative estimate of drug-likeness (QED) is 0.367. The van der Waals surface area contributed by atoms with Crippen LogP contribution in [0, 0.1) is 0 Å². The molecular formula is C24H29Cl3N2O2S. The summed E-state index contributed by atoms with van der Waals surface area (Å²) in [5.74, 6) is 0.407. The first-order chi connectivity index (χ1) is 15.3. The van der Waals surface area contributed by atoms with Gasteiger partial charge in [-0.25, -0.2) is 0 Å². The van der Waals surface area contributed by atoms with Crippen LogP contribution in [0.4, 0.5) is 0 Å². The van der Waals surface area contributed by atoms with Crippen LogP contribution >= 0.6 is 46.6 Å². The molecule has 2 rings (SSSR count). The second-order valence-corrected chi connectivity index (χ2v) is 9.76. The zero-order chi connectivity index (χ0) is 23.7. The average Bonchev–Trinajstić information content (AvgIpc) is 2.76. The molecule has 0 spiro atoms. The fraction of sp³-hybridized carbons (Fsp3) is 0.417. The lowest BCUT2D eigenvalue weighted by Gasteiger charge is -2.31. The second-order valence-electron chi connectivity index (χ2n) is 7.55. The minimum Gasteiger partial charge on any atom is -0.352 e. The topological polar surface area (TPSA) is 49.4 Å². The van der Waals surface area contributed by atoms with Crippen LogP contribution in [0.1, 0.15) is 44.7 Å². The van der Waals surface area contributed by atoms with E-state index in [1.54, 1.807) is 29.2 Å². The molecule has 0 saturated heterocycles. The van der Waals surface area contributed by atoms with Crippen molar-refractivity contribution in [1.82, 2.24) is 10.2 Å².